The highest BCUT2D eigenvalue weighted by Gasteiger charge is 2.05. The smallest absolute Gasteiger partial charge is 0.0593 e. The second kappa shape index (κ2) is 9.86. The van der Waals surface area contributed by atoms with Gasteiger partial charge in [-0.25, -0.2) is 0 Å². The fraction of sp³-hybridized carbons (Fsp3) is 0.688. The first-order valence-electron chi connectivity index (χ1n) is 7.63. The van der Waals surface area contributed by atoms with E-state index in [0.29, 0.717) is 6.04 Å². The van der Waals surface area contributed by atoms with Crippen molar-refractivity contribution in [3.63, 3.8) is 0 Å². The van der Waals surface area contributed by atoms with Crippen LogP contribution in [0.25, 0.3) is 0 Å². The van der Waals surface area contributed by atoms with Gasteiger partial charge in [-0.3, -0.25) is 9.88 Å². The van der Waals surface area contributed by atoms with Crippen LogP contribution >= 0.6 is 0 Å². The van der Waals surface area contributed by atoms with Crippen LogP contribution in [0, 0.1) is 0 Å². The number of likely N-dealkylation sites (N-methyl/N-ethyl adjacent to an activating group) is 1. The van der Waals surface area contributed by atoms with Crippen LogP contribution in [0.4, 0.5) is 0 Å². The minimum atomic E-state index is 0.504. The SMILES string of the molecule is CCOCCN(CC)Cc1ccc(CNC(C)C)cn1. The summed E-state index contributed by atoms with van der Waals surface area (Å²) < 4.78 is 5.41. The van der Waals surface area contributed by atoms with Crippen LogP contribution in [0.2, 0.25) is 0 Å². The number of ether oxygens (including phenoxy) is 1. The fourth-order valence-corrected chi connectivity index (χ4v) is 1.89. The van der Waals surface area contributed by atoms with E-state index >= 15 is 0 Å². The summed E-state index contributed by atoms with van der Waals surface area (Å²) in [6, 6.07) is 4.79. The highest BCUT2D eigenvalue weighted by molar-refractivity contribution is 5.14. The van der Waals surface area contributed by atoms with Crippen molar-refractivity contribution in [1.82, 2.24) is 15.2 Å². The van der Waals surface area contributed by atoms with Gasteiger partial charge in [0, 0.05) is 38.5 Å². The number of pyridine rings is 1. The molecule has 0 saturated carbocycles. The molecule has 0 atom stereocenters. The van der Waals surface area contributed by atoms with E-state index in [4.69, 9.17) is 4.74 Å². The van der Waals surface area contributed by atoms with Crippen LogP contribution in [0.5, 0.6) is 0 Å². The second-order valence-electron chi connectivity index (χ2n) is 5.26. The maximum absolute atomic E-state index is 5.41. The van der Waals surface area contributed by atoms with Crippen LogP contribution in [-0.4, -0.2) is 42.2 Å². The summed E-state index contributed by atoms with van der Waals surface area (Å²) in [5.41, 5.74) is 2.36. The summed E-state index contributed by atoms with van der Waals surface area (Å²) in [4.78, 5) is 6.90. The largest absolute Gasteiger partial charge is 0.380 e. The first kappa shape index (κ1) is 17.1. The van der Waals surface area contributed by atoms with E-state index in [0.717, 1.165) is 45.1 Å². The van der Waals surface area contributed by atoms with Crippen LogP contribution in [0.15, 0.2) is 18.3 Å². The van der Waals surface area contributed by atoms with Gasteiger partial charge in [0.05, 0.1) is 12.3 Å². The summed E-state index contributed by atoms with van der Waals surface area (Å²) in [5.74, 6) is 0. The number of hydrogen-bond acceptors (Lipinski definition) is 4. The standard InChI is InChI=1S/C16H29N3O/c1-5-19(9-10-20-6-2)13-16-8-7-15(12-18-16)11-17-14(3)4/h7-8,12,14,17H,5-6,9-11,13H2,1-4H3. The van der Waals surface area contributed by atoms with Gasteiger partial charge in [-0.05, 0) is 25.1 Å². The lowest BCUT2D eigenvalue weighted by atomic mass is 10.2. The zero-order chi connectivity index (χ0) is 14.8. The molecule has 0 fully saturated rings. The van der Waals surface area contributed by atoms with Gasteiger partial charge in [-0.1, -0.05) is 26.8 Å². The fourth-order valence-electron chi connectivity index (χ4n) is 1.89. The Bertz CT molecular complexity index is 351. The van der Waals surface area contributed by atoms with E-state index in [2.05, 4.69) is 48.1 Å². The topological polar surface area (TPSA) is 37.4 Å². The molecule has 4 heteroatoms. The zero-order valence-electron chi connectivity index (χ0n) is 13.4. The van der Waals surface area contributed by atoms with E-state index < -0.39 is 0 Å². The summed E-state index contributed by atoms with van der Waals surface area (Å²) >= 11 is 0. The Kier molecular flexibility index (Phi) is 8.42. The van der Waals surface area contributed by atoms with Crippen LogP contribution in [0.3, 0.4) is 0 Å². The normalized spacial score (nSPS) is 11.5. The van der Waals surface area contributed by atoms with E-state index in [9.17, 15) is 0 Å². The molecule has 114 valence electrons. The molecule has 0 saturated heterocycles. The third kappa shape index (κ3) is 6.98. The highest BCUT2D eigenvalue weighted by atomic mass is 16.5. The molecule has 20 heavy (non-hydrogen) atoms. The Hall–Kier alpha value is -0.970. The van der Waals surface area contributed by atoms with Crippen molar-refractivity contribution in [2.75, 3.05) is 26.3 Å². The Morgan fingerprint density at radius 3 is 2.65 bits per heavy atom. The molecule has 1 heterocycles. The maximum atomic E-state index is 5.41. The Morgan fingerprint density at radius 2 is 2.10 bits per heavy atom. The molecular formula is C16H29N3O. The molecule has 1 N–H and O–H groups in total. The first-order chi connectivity index (χ1) is 9.65. The minimum absolute atomic E-state index is 0.504. The van der Waals surface area contributed by atoms with Gasteiger partial charge in [0.2, 0.25) is 0 Å². The molecule has 0 radical (unpaired) electrons. The van der Waals surface area contributed by atoms with Crippen LogP contribution < -0.4 is 5.32 Å². The number of aromatic nitrogens is 1. The lowest BCUT2D eigenvalue weighted by Gasteiger charge is -2.19. The van der Waals surface area contributed by atoms with Gasteiger partial charge in [0.1, 0.15) is 0 Å². The lowest BCUT2D eigenvalue weighted by Crippen LogP contribution is -2.27. The molecule has 0 bridgehead atoms. The molecular weight excluding hydrogens is 250 g/mol. The Labute approximate surface area is 123 Å². The molecule has 0 unspecified atom stereocenters. The molecule has 0 aliphatic heterocycles. The Morgan fingerprint density at radius 1 is 1.30 bits per heavy atom. The molecule has 0 aromatic carbocycles. The summed E-state index contributed by atoms with van der Waals surface area (Å²) in [6.45, 7) is 13.8. The van der Waals surface area contributed by atoms with E-state index in [-0.39, 0.29) is 0 Å². The maximum Gasteiger partial charge on any atom is 0.0593 e. The summed E-state index contributed by atoms with van der Waals surface area (Å²) in [6.07, 6.45) is 1.97. The predicted octanol–water partition coefficient (Wildman–Crippen LogP) is 2.44. The number of hydrogen-bond donors (Lipinski definition) is 1. The quantitative estimate of drug-likeness (QED) is 0.668. The zero-order valence-corrected chi connectivity index (χ0v) is 13.4. The number of nitrogens with one attached hydrogen (secondary N) is 1. The monoisotopic (exact) mass is 279 g/mol. The molecule has 0 spiro atoms. The average molecular weight is 279 g/mol. The van der Waals surface area contributed by atoms with Gasteiger partial charge in [-0.15, -0.1) is 0 Å². The minimum Gasteiger partial charge on any atom is -0.380 e. The van der Waals surface area contributed by atoms with Crippen molar-refractivity contribution >= 4 is 0 Å². The third-order valence-electron chi connectivity index (χ3n) is 3.19. The van der Waals surface area contributed by atoms with Crippen molar-refractivity contribution < 1.29 is 4.74 Å². The number of nitrogens with zero attached hydrogens (tertiary/aromatic N) is 2. The van der Waals surface area contributed by atoms with Crippen molar-refractivity contribution in [3.05, 3.63) is 29.6 Å². The second-order valence-corrected chi connectivity index (χ2v) is 5.26. The third-order valence-corrected chi connectivity index (χ3v) is 3.19. The van der Waals surface area contributed by atoms with Gasteiger partial charge < -0.3 is 10.1 Å². The average Bonchev–Trinajstić information content (AvgIpc) is 2.45. The molecule has 0 aliphatic carbocycles. The molecule has 1 aromatic rings. The summed E-state index contributed by atoms with van der Waals surface area (Å²) in [5, 5.41) is 3.40. The van der Waals surface area contributed by atoms with Crippen molar-refractivity contribution in [3.8, 4) is 0 Å². The van der Waals surface area contributed by atoms with Gasteiger partial charge in [0.15, 0.2) is 0 Å². The first-order valence-corrected chi connectivity index (χ1v) is 7.63. The van der Waals surface area contributed by atoms with Gasteiger partial charge in [-0.2, -0.15) is 0 Å². The molecule has 1 aromatic heterocycles. The van der Waals surface area contributed by atoms with E-state index in [1.54, 1.807) is 0 Å². The molecule has 0 amide bonds. The van der Waals surface area contributed by atoms with Crippen molar-refractivity contribution in [2.24, 2.45) is 0 Å². The van der Waals surface area contributed by atoms with Crippen LogP contribution in [-0.2, 0) is 17.8 Å². The highest BCUT2D eigenvalue weighted by Crippen LogP contribution is 2.04. The lowest BCUT2D eigenvalue weighted by molar-refractivity contribution is 0.112. The van der Waals surface area contributed by atoms with E-state index in [1.807, 2.05) is 13.1 Å². The van der Waals surface area contributed by atoms with Gasteiger partial charge in [0.25, 0.3) is 0 Å². The van der Waals surface area contributed by atoms with Crippen LogP contribution in [0.1, 0.15) is 39.0 Å². The van der Waals surface area contributed by atoms with E-state index in [1.165, 1.54) is 5.56 Å². The van der Waals surface area contributed by atoms with Crippen molar-refractivity contribution in [1.29, 1.82) is 0 Å². The number of rotatable bonds is 10. The molecule has 1 rings (SSSR count). The predicted molar refractivity (Wildman–Crippen MR) is 83.7 cm³/mol. The molecule has 4 nitrogen and oxygen atoms in total. The molecule has 0 aliphatic rings. The van der Waals surface area contributed by atoms with Gasteiger partial charge >= 0.3 is 0 Å². The summed E-state index contributed by atoms with van der Waals surface area (Å²) in [7, 11) is 0. The van der Waals surface area contributed by atoms with Crippen molar-refractivity contribution in [2.45, 2.75) is 46.8 Å². The Balaban J connectivity index is 2.42.